The zero-order chi connectivity index (χ0) is 23.8. The molecule has 1 aliphatic rings. The second-order valence-electron chi connectivity index (χ2n) is 8.90. The predicted molar refractivity (Wildman–Crippen MR) is 117 cm³/mol. The third kappa shape index (κ3) is 4.95. The monoisotopic (exact) mass is 449 g/mol. The maximum atomic E-state index is 13.6. The number of carboxylic acid groups (broad SMARTS) is 1. The van der Waals surface area contributed by atoms with Crippen molar-refractivity contribution in [2.75, 3.05) is 29.9 Å². The van der Waals surface area contributed by atoms with Crippen LogP contribution in [0.2, 0.25) is 0 Å². The summed E-state index contributed by atoms with van der Waals surface area (Å²) in [6, 6.07) is 2.99. The van der Waals surface area contributed by atoms with E-state index in [0.717, 1.165) is 12.1 Å². The van der Waals surface area contributed by atoms with Gasteiger partial charge in [-0.15, -0.1) is 0 Å². The minimum atomic E-state index is -1.55. The molecule has 1 aromatic carbocycles. The van der Waals surface area contributed by atoms with Gasteiger partial charge in [0.15, 0.2) is 23.3 Å². The van der Waals surface area contributed by atoms with Gasteiger partial charge in [-0.2, -0.15) is 0 Å². The van der Waals surface area contributed by atoms with Crippen LogP contribution in [0.25, 0.3) is 5.57 Å². The first-order valence-electron chi connectivity index (χ1n) is 10.1. The van der Waals surface area contributed by atoms with Crippen molar-refractivity contribution in [3.8, 4) is 0 Å². The summed E-state index contributed by atoms with van der Waals surface area (Å²) in [5, 5.41) is 12.4. The molecule has 2 heterocycles. The van der Waals surface area contributed by atoms with Gasteiger partial charge < -0.3 is 20.2 Å². The Balaban J connectivity index is 1.96. The van der Waals surface area contributed by atoms with E-state index in [2.05, 4.69) is 21.9 Å². The molecular weight excluding hydrogens is 423 g/mol. The standard InChI is InChI=1S/C22H26F3N5O2/c1-12(2)20-27-17(26-13-8-14(23)19(25)15(24)9-13)10-18(28-20)29-6-7-30(21(31)32)16(11-29)22(3,4)5/h8-10,16H,1,6-7,11H2,2-5H3,(H,31,32)(H,26,27,28). The van der Waals surface area contributed by atoms with Gasteiger partial charge in [-0.3, -0.25) is 0 Å². The van der Waals surface area contributed by atoms with Gasteiger partial charge in [0, 0.05) is 43.5 Å². The lowest BCUT2D eigenvalue weighted by Gasteiger charge is -2.46. The predicted octanol–water partition coefficient (Wildman–Crippen LogP) is 4.89. The molecule has 0 radical (unpaired) electrons. The number of halogens is 3. The van der Waals surface area contributed by atoms with Crippen LogP contribution in [0.3, 0.4) is 0 Å². The van der Waals surface area contributed by atoms with Crippen molar-refractivity contribution in [2.24, 2.45) is 5.41 Å². The molecule has 2 aromatic rings. The van der Waals surface area contributed by atoms with Crippen molar-refractivity contribution >= 4 is 29.0 Å². The number of anilines is 3. The van der Waals surface area contributed by atoms with Crippen molar-refractivity contribution in [3.05, 3.63) is 48.1 Å². The van der Waals surface area contributed by atoms with Crippen LogP contribution in [0.5, 0.6) is 0 Å². The molecule has 1 unspecified atom stereocenters. The van der Waals surface area contributed by atoms with Crippen molar-refractivity contribution in [2.45, 2.75) is 33.7 Å². The second-order valence-corrected chi connectivity index (χ2v) is 8.90. The second kappa shape index (κ2) is 8.68. The van der Waals surface area contributed by atoms with Crippen LogP contribution in [0, 0.1) is 22.9 Å². The average molecular weight is 449 g/mol. The Hall–Kier alpha value is -3.30. The first kappa shape index (κ1) is 23.4. The van der Waals surface area contributed by atoms with Crippen LogP contribution in [0.1, 0.15) is 33.5 Å². The van der Waals surface area contributed by atoms with E-state index in [4.69, 9.17) is 0 Å². The Morgan fingerprint density at radius 2 is 1.78 bits per heavy atom. The number of hydrogen-bond donors (Lipinski definition) is 2. The molecule has 32 heavy (non-hydrogen) atoms. The fourth-order valence-corrected chi connectivity index (χ4v) is 3.59. The maximum absolute atomic E-state index is 13.6. The van der Waals surface area contributed by atoms with Crippen LogP contribution < -0.4 is 10.2 Å². The van der Waals surface area contributed by atoms with E-state index in [-0.39, 0.29) is 23.0 Å². The third-order valence-electron chi connectivity index (χ3n) is 5.30. The van der Waals surface area contributed by atoms with Crippen LogP contribution in [-0.2, 0) is 0 Å². The van der Waals surface area contributed by atoms with Crippen LogP contribution in [-0.4, -0.2) is 51.7 Å². The molecule has 7 nitrogen and oxygen atoms in total. The molecule has 172 valence electrons. The van der Waals surface area contributed by atoms with E-state index >= 15 is 0 Å². The molecule has 1 atom stereocenters. The number of nitrogens with one attached hydrogen (secondary N) is 1. The Labute approximate surface area is 184 Å². The molecule has 0 saturated carbocycles. The molecular formula is C22H26F3N5O2. The van der Waals surface area contributed by atoms with Gasteiger partial charge in [-0.1, -0.05) is 27.4 Å². The van der Waals surface area contributed by atoms with Gasteiger partial charge in [0.1, 0.15) is 11.6 Å². The number of allylic oxidation sites excluding steroid dienone is 1. The molecule has 3 rings (SSSR count). The lowest BCUT2D eigenvalue weighted by Crippen LogP contribution is -2.59. The number of aromatic nitrogens is 2. The Bertz CT molecular complexity index is 1030. The summed E-state index contributed by atoms with van der Waals surface area (Å²) >= 11 is 0. The van der Waals surface area contributed by atoms with Crippen LogP contribution in [0.4, 0.5) is 35.3 Å². The van der Waals surface area contributed by atoms with E-state index < -0.39 is 23.5 Å². The molecule has 1 aromatic heterocycles. The minimum absolute atomic E-state index is 0.0121. The van der Waals surface area contributed by atoms with E-state index in [1.165, 1.54) is 4.90 Å². The lowest BCUT2D eigenvalue weighted by atomic mass is 9.84. The molecule has 2 N–H and O–H groups in total. The Kier molecular flexibility index (Phi) is 6.34. The van der Waals surface area contributed by atoms with E-state index in [1.54, 1.807) is 13.0 Å². The number of hydrogen-bond acceptors (Lipinski definition) is 5. The molecule has 1 fully saturated rings. The van der Waals surface area contributed by atoms with Crippen molar-refractivity contribution in [3.63, 3.8) is 0 Å². The molecule has 1 saturated heterocycles. The van der Waals surface area contributed by atoms with Crippen molar-refractivity contribution in [1.82, 2.24) is 14.9 Å². The first-order valence-corrected chi connectivity index (χ1v) is 10.1. The first-order chi connectivity index (χ1) is 14.9. The van der Waals surface area contributed by atoms with Gasteiger partial charge in [0.05, 0.1) is 6.04 Å². The number of piperazine rings is 1. The van der Waals surface area contributed by atoms with Gasteiger partial charge in [-0.05, 0) is 17.9 Å². The van der Waals surface area contributed by atoms with E-state index in [0.29, 0.717) is 36.8 Å². The van der Waals surface area contributed by atoms with Gasteiger partial charge in [-0.25, -0.2) is 27.9 Å². The summed E-state index contributed by atoms with van der Waals surface area (Å²) in [7, 11) is 0. The highest BCUT2D eigenvalue weighted by Gasteiger charge is 2.38. The smallest absolute Gasteiger partial charge is 0.407 e. The fraction of sp³-hybridized carbons (Fsp3) is 0.409. The van der Waals surface area contributed by atoms with Crippen molar-refractivity contribution < 1.29 is 23.1 Å². The molecule has 1 amide bonds. The summed E-state index contributed by atoms with van der Waals surface area (Å²) in [5.41, 5.74) is 0.246. The van der Waals surface area contributed by atoms with Gasteiger partial charge in [0.2, 0.25) is 0 Å². The highest BCUT2D eigenvalue weighted by atomic mass is 19.2. The summed E-state index contributed by atoms with van der Waals surface area (Å²) in [6.07, 6.45) is -0.974. The third-order valence-corrected chi connectivity index (χ3v) is 5.30. The summed E-state index contributed by atoms with van der Waals surface area (Å²) in [6.45, 7) is 12.6. The van der Waals surface area contributed by atoms with E-state index in [1.807, 2.05) is 25.7 Å². The van der Waals surface area contributed by atoms with E-state index in [9.17, 15) is 23.1 Å². The van der Waals surface area contributed by atoms with Crippen LogP contribution in [0.15, 0.2) is 24.8 Å². The zero-order valence-corrected chi connectivity index (χ0v) is 18.4. The number of amides is 1. The highest BCUT2D eigenvalue weighted by molar-refractivity contribution is 5.67. The average Bonchev–Trinajstić information content (AvgIpc) is 2.70. The minimum Gasteiger partial charge on any atom is -0.465 e. The summed E-state index contributed by atoms with van der Waals surface area (Å²) < 4.78 is 40.5. The normalized spacial score (nSPS) is 16.8. The molecule has 0 aliphatic carbocycles. The number of carbonyl (C=O) groups is 1. The highest BCUT2D eigenvalue weighted by Crippen LogP contribution is 2.31. The molecule has 10 heteroatoms. The topological polar surface area (TPSA) is 81.6 Å². The molecule has 0 spiro atoms. The van der Waals surface area contributed by atoms with Crippen LogP contribution >= 0.6 is 0 Å². The summed E-state index contributed by atoms with van der Waals surface area (Å²) in [5.74, 6) is -3.11. The largest absolute Gasteiger partial charge is 0.465 e. The zero-order valence-electron chi connectivity index (χ0n) is 18.4. The maximum Gasteiger partial charge on any atom is 0.407 e. The van der Waals surface area contributed by atoms with Gasteiger partial charge in [0.25, 0.3) is 0 Å². The van der Waals surface area contributed by atoms with Gasteiger partial charge >= 0.3 is 6.09 Å². The quantitative estimate of drug-likeness (QED) is 0.647. The lowest BCUT2D eigenvalue weighted by molar-refractivity contribution is 0.0747. The number of benzene rings is 1. The number of nitrogens with zero attached hydrogens (tertiary/aromatic N) is 4. The Morgan fingerprint density at radius 3 is 2.31 bits per heavy atom. The summed E-state index contributed by atoms with van der Waals surface area (Å²) in [4.78, 5) is 23.9. The molecule has 1 aliphatic heterocycles. The fourth-order valence-electron chi connectivity index (χ4n) is 3.59. The molecule has 0 bridgehead atoms. The Morgan fingerprint density at radius 1 is 1.16 bits per heavy atom. The SMILES string of the molecule is C=C(C)c1nc(Nc2cc(F)c(F)c(F)c2)cc(N2CCN(C(=O)O)C(C(C)(C)C)C2)n1. The number of rotatable bonds is 4. The van der Waals surface area contributed by atoms with Crippen molar-refractivity contribution in [1.29, 1.82) is 0 Å².